The van der Waals surface area contributed by atoms with Gasteiger partial charge in [-0.05, 0) is 36.8 Å². The third kappa shape index (κ3) is 3.52. The second-order valence-corrected chi connectivity index (χ2v) is 7.78. The topological polar surface area (TPSA) is 98.0 Å². The van der Waals surface area contributed by atoms with Crippen molar-refractivity contribution in [1.29, 1.82) is 0 Å². The summed E-state index contributed by atoms with van der Waals surface area (Å²) in [5, 5.41) is 15.6. The molecule has 7 heteroatoms. The van der Waals surface area contributed by atoms with E-state index in [-0.39, 0.29) is 5.03 Å². The van der Waals surface area contributed by atoms with Crippen LogP contribution in [0.3, 0.4) is 0 Å². The molecule has 6 nitrogen and oxygen atoms in total. The van der Waals surface area contributed by atoms with Gasteiger partial charge in [0.1, 0.15) is 5.82 Å². The first-order valence-electron chi connectivity index (χ1n) is 7.65. The van der Waals surface area contributed by atoms with Crippen LogP contribution in [0, 0.1) is 11.8 Å². The van der Waals surface area contributed by atoms with Crippen molar-refractivity contribution < 1.29 is 8.42 Å². The molecule has 21 heavy (non-hydrogen) atoms. The van der Waals surface area contributed by atoms with Crippen LogP contribution in [0.4, 0.5) is 5.82 Å². The third-order valence-corrected chi connectivity index (χ3v) is 5.58. The van der Waals surface area contributed by atoms with E-state index in [1.54, 1.807) is 6.07 Å². The van der Waals surface area contributed by atoms with Crippen molar-refractivity contribution in [2.24, 2.45) is 17.0 Å². The van der Waals surface area contributed by atoms with Crippen molar-refractivity contribution in [3.63, 3.8) is 0 Å². The molecule has 0 aromatic carbocycles. The number of nitrogens with two attached hydrogens (primary N) is 1. The lowest BCUT2D eigenvalue weighted by Gasteiger charge is -2.42. The summed E-state index contributed by atoms with van der Waals surface area (Å²) in [6.07, 6.45) is 9.32. The van der Waals surface area contributed by atoms with Crippen molar-refractivity contribution in [3.8, 4) is 0 Å². The van der Waals surface area contributed by atoms with Gasteiger partial charge in [-0.1, -0.05) is 32.1 Å². The quantitative estimate of drug-likeness (QED) is 0.885. The molecule has 3 rings (SSSR count). The first-order valence-corrected chi connectivity index (χ1v) is 9.20. The maximum absolute atomic E-state index is 11.1. The molecule has 0 bridgehead atoms. The van der Waals surface area contributed by atoms with Crippen LogP contribution in [0.15, 0.2) is 17.2 Å². The molecule has 0 aliphatic heterocycles. The lowest BCUT2D eigenvalue weighted by Crippen LogP contribution is -2.40. The molecule has 0 unspecified atom stereocenters. The molecule has 1 aromatic heterocycles. The molecular formula is C14H22N4O2S. The molecule has 116 valence electrons. The number of primary sulfonamides is 1. The average molecular weight is 310 g/mol. The number of sulfonamides is 1. The van der Waals surface area contributed by atoms with Gasteiger partial charge in [-0.2, -0.15) is 0 Å². The van der Waals surface area contributed by atoms with Gasteiger partial charge < -0.3 is 5.32 Å². The van der Waals surface area contributed by atoms with E-state index in [0.717, 1.165) is 11.8 Å². The maximum atomic E-state index is 11.1. The molecule has 0 spiro atoms. The lowest BCUT2D eigenvalue weighted by molar-refractivity contribution is 0.147. The van der Waals surface area contributed by atoms with Crippen LogP contribution in [-0.4, -0.2) is 24.7 Å². The van der Waals surface area contributed by atoms with Gasteiger partial charge in [-0.15, -0.1) is 10.2 Å². The predicted octanol–water partition coefficient (Wildman–Crippen LogP) is 1.89. The van der Waals surface area contributed by atoms with E-state index in [4.69, 9.17) is 5.14 Å². The van der Waals surface area contributed by atoms with Crippen LogP contribution < -0.4 is 10.5 Å². The highest BCUT2D eigenvalue weighted by Crippen LogP contribution is 2.42. The second kappa shape index (κ2) is 5.88. The Kier molecular flexibility index (Phi) is 4.12. The summed E-state index contributed by atoms with van der Waals surface area (Å²) in [7, 11) is -3.76. The predicted molar refractivity (Wildman–Crippen MR) is 80.1 cm³/mol. The summed E-state index contributed by atoms with van der Waals surface area (Å²) in [5.41, 5.74) is 0. The van der Waals surface area contributed by atoms with Gasteiger partial charge in [-0.25, -0.2) is 13.6 Å². The van der Waals surface area contributed by atoms with Crippen LogP contribution in [0.5, 0.6) is 0 Å². The molecule has 0 saturated heterocycles. The van der Waals surface area contributed by atoms with Gasteiger partial charge in [0.05, 0.1) is 0 Å². The minimum absolute atomic E-state index is 0.193. The Morgan fingerprint density at radius 2 is 1.76 bits per heavy atom. The van der Waals surface area contributed by atoms with Gasteiger partial charge in [0.25, 0.3) is 10.0 Å². The molecule has 2 aliphatic rings. The Balaban J connectivity index is 1.50. The maximum Gasteiger partial charge on any atom is 0.257 e. The SMILES string of the molecule is NS(=O)(=O)c1ccc(NC2CC(C3CCCCC3)C2)nn1. The van der Waals surface area contributed by atoms with E-state index in [9.17, 15) is 8.42 Å². The fraction of sp³-hybridized carbons (Fsp3) is 0.714. The smallest absolute Gasteiger partial charge is 0.257 e. The van der Waals surface area contributed by atoms with Gasteiger partial charge in [0, 0.05) is 6.04 Å². The van der Waals surface area contributed by atoms with Crippen LogP contribution in [0.25, 0.3) is 0 Å². The third-order valence-electron chi connectivity index (χ3n) is 4.77. The van der Waals surface area contributed by atoms with Gasteiger partial charge in [0.15, 0.2) is 5.03 Å². The number of anilines is 1. The largest absolute Gasteiger partial charge is 0.366 e. The highest BCUT2D eigenvalue weighted by molar-refractivity contribution is 7.89. The van der Waals surface area contributed by atoms with Crippen LogP contribution >= 0.6 is 0 Å². The number of nitrogens with zero attached hydrogens (tertiary/aromatic N) is 2. The fourth-order valence-corrected chi connectivity index (χ4v) is 3.94. The Morgan fingerprint density at radius 3 is 2.33 bits per heavy atom. The monoisotopic (exact) mass is 310 g/mol. The summed E-state index contributed by atoms with van der Waals surface area (Å²) >= 11 is 0. The summed E-state index contributed by atoms with van der Waals surface area (Å²) in [5.74, 6) is 2.38. The fourth-order valence-electron chi connectivity index (χ4n) is 3.53. The zero-order chi connectivity index (χ0) is 14.9. The Hall–Kier alpha value is -1.21. The molecule has 0 atom stereocenters. The van der Waals surface area contributed by atoms with Crippen molar-refractivity contribution >= 4 is 15.8 Å². The van der Waals surface area contributed by atoms with E-state index >= 15 is 0 Å². The van der Waals surface area contributed by atoms with Crippen molar-refractivity contribution in [3.05, 3.63) is 12.1 Å². The minimum atomic E-state index is -3.76. The average Bonchev–Trinajstić information content (AvgIpc) is 2.43. The lowest BCUT2D eigenvalue weighted by atomic mass is 9.67. The number of hydrogen-bond acceptors (Lipinski definition) is 5. The van der Waals surface area contributed by atoms with E-state index < -0.39 is 10.0 Å². The van der Waals surface area contributed by atoms with E-state index in [1.807, 2.05) is 0 Å². The molecule has 1 heterocycles. The highest BCUT2D eigenvalue weighted by atomic mass is 32.2. The summed E-state index contributed by atoms with van der Waals surface area (Å²) in [4.78, 5) is 0. The Bertz CT molecular complexity index is 575. The molecule has 2 aliphatic carbocycles. The Labute approximate surface area is 125 Å². The summed E-state index contributed by atoms with van der Waals surface area (Å²) in [6.45, 7) is 0. The van der Waals surface area contributed by atoms with Gasteiger partial charge in [0.2, 0.25) is 0 Å². The molecule has 1 aromatic rings. The van der Waals surface area contributed by atoms with E-state index in [1.165, 1.54) is 51.0 Å². The zero-order valence-corrected chi connectivity index (χ0v) is 12.8. The second-order valence-electron chi connectivity index (χ2n) is 6.27. The standard InChI is InChI=1S/C14H22N4O2S/c15-21(19,20)14-7-6-13(17-18-14)16-12-8-11(9-12)10-4-2-1-3-5-10/h6-7,10-12H,1-5,8-9H2,(H,16,17)(H2,15,19,20). The normalized spacial score (nSPS) is 27.1. The molecule has 0 radical (unpaired) electrons. The number of hydrogen-bond donors (Lipinski definition) is 2. The minimum Gasteiger partial charge on any atom is -0.366 e. The molecular weight excluding hydrogens is 288 g/mol. The number of aromatic nitrogens is 2. The highest BCUT2D eigenvalue weighted by Gasteiger charge is 2.35. The number of rotatable bonds is 4. The van der Waals surface area contributed by atoms with E-state index in [0.29, 0.717) is 11.9 Å². The van der Waals surface area contributed by atoms with Crippen molar-refractivity contribution in [1.82, 2.24) is 10.2 Å². The molecule has 3 N–H and O–H groups in total. The molecule has 2 fully saturated rings. The van der Waals surface area contributed by atoms with E-state index in [2.05, 4.69) is 15.5 Å². The van der Waals surface area contributed by atoms with Crippen LogP contribution in [0.2, 0.25) is 0 Å². The molecule has 2 saturated carbocycles. The number of nitrogens with one attached hydrogen (secondary N) is 1. The van der Waals surface area contributed by atoms with Gasteiger partial charge >= 0.3 is 0 Å². The van der Waals surface area contributed by atoms with Crippen LogP contribution in [-0.2, 0) is 10.0 Å². The van der Waals surface area contributed by atoms with Crippen LogP contribution in [0.1, 0.15) is 44.9 Å². The zero-order valence-electron chi connectivity index (χ0n) is 12.0. The first-order chi connectivity index (χ1) is 10.0. The Morgan fingerprint density at radius 1 is 1.05 bits per heavy atom. The van der Waals surface area contributed by atoms with Crippen molar-refractivity contribution in [2.45, 2.75) is 56.0 Å². The summed E-state index contributed by atoms with van der Waals surface area (Å²) < 4.78 is 22.2. The van der Waals surface area contributed by atoms with Crippen molar-refractivity contribution in [2.75, 3.05) is 5.32 Å². The van der Waals surface area contributed by atoms with Gasteiger partial charge in [-0.3, -0.25) is 0 Å². The molecule has 0 amide bonds. The summed E-state index contributed by atoms with van der Waals surface area (Å²) in [6, 6.07) is 3.45. The first kappa shape index (κ1) is 14.7.